The zero-order chi connectivity index (χ0) is 18.3. The number of nitrogens with zero attached hydrogens (tertiary/aromatic N) is 3. The fourth-order valence-electron chi connectivity index (χ4n) is 3.74. The van der Waals surface area contributed by atoms with Crippen molar-refractivity contribution >= 4 is 34.2 Å². The van der Waals surface area contributed by atoms with E-state index in [0.29, 0.717) is 23.9 Å². The summed E-state index contributed by atoms with van der Waals surface area (Å²) < 4.78 is 2.29. The van der Waals surface area contributed by atoms with Gasteiger partial charge in [-0.05, 0) is 36.2 Å². The molecule has 0 unspecified atom stereocenters. The number of benzene rings is 2. The summed E-state index contributed by atoms with van der Waals surface area (Å²) in [4.78, 5) is 19.4. The molecule has 1 fully saturated rings. The molecule has 0 radical (unpaired) electrons. The summed E-state index contributed by atoms with van der Waals surface area (Å²) in [5.74, 6) is 1.73. The highest BCUT2D eigenvalue weighted by molar-refractivity contribution is 6.30. The normalized spacial score (nSPS) is 17.6. The van der Waals surface area contributed by atoms with Crippen LogP contribution in [0.5, 0.6) is 0 Å². The van der Waals surface area contributed by atoms with E-state index >= 15 is 0 Å². The van der Waals surface area contributed by atoms with E-state index < -0.39 is 0 Å². The average molecular weight is 368 g/mol. The van der Waals surface area contributed by atoms with Crippen molar-refractivity contribution in [1.29, 1.82) is 0 Å². The lowest BCUT2D eigenvalue weighted by molar-refractivity contribution is -0.117. The van der Waals surface area contributed by atoms with Crippen molar-refractivity contribution in [3.05, 3.63) is 59.4 Å². The first kappa shape index (κ1) is 17.1. The summed E-state index contributed by atoms with van der Waals surface area (Å²) in [5, 5.41) is 0.644. The molecule has 2 aromatic carbocycles. The summed E-state index contributed by atoms with van der Waals surface area (Å²) in [6.07, 6.45) is 0.480. The number of carbonyl (C=O) groups excluding carboxylic acids is 1. The van der Waals surface area contributed by atoms with E-state index in [1.54, 1.807) is 0 Å². The lowest BCUT2D eigenvalue weighted by atomic mass is 10.1. The number of hydrogen-bond donors (Lipinski definition) is 0. The molecule has 1 saturated heterocycles. The van der Waals surface area contributed by atoms with Crippen LogP contribution in [0.25, 0.3) is 11.0 Å². The van der Waals surface area contributed by atoms with Gasteiger partial charge in [0.05, 0.1) is 11.0 Å². The van der Waals surface area contributed by atoms with Gasteiger partial charge in [0.2, 0.25) is 5.91 Å². The molecule has 0 spiro atoms. The van der Waals surface area contributed by atoms with E-state index in [1.165, 1.54) is 0 Å². The zero-order valence-corrected chi connectivity index (χ0v) is 15.8. The molecular weight excluding hydrogens is 346 g/mol. The van der Waals surface area contributed by atoms with Crippen LogP contribution < -0.4 is 4.90 Å². The predicted octanol–water partition coefficient (Wildman–Crippen LogP) is 4.87. The van der Waals surface area contributed by atoms with Crippen molar-refractivity contribution in [3.63, 3.8) is 0 Å². The maximum Gasteiger partial charge on any atom is 0.227 e. The number of aromatic nitrogens is 2. The molecule has 3 aromatic rings. The van der Waals surface area contributed by atoms with Crippen molar-refractivity contribution in [2.24, 2.45) is 5.92 Å². The van der Waals surface area contributed by atoms with Crippen molar-refractivity contribution in [2.75, 3.05) is 11.4 Å². The maximum absolute atomic E-state index is 12.7. The molecule has 0 aliphatic carbocycles. The van der Waals surface area contributed by atoms with Gasteiger partial charge in [0.15, 0.2) is 0 Å². The lowest BCUT2D eigenvalue weighted by Crippen LogP contribution is -2.24. The molecule has 1 aliphatic heterocycles. The topological polar surface area (TPSA) is 38.1 Å². The van der Waals surface area contributed by atoms with Gasteiger partial charge < -0.3 is 9.47 Å². The highest BCUT2D eigenvalue weighted by Crippen LogP contribution is 2.34. The smallest absolute Gasteiger partial charge is 0.227 e. The summed E-state index contributed by atoms with van der Waals surface area (Å²) in [6, 6.07) is 15.7. The monoisotopic (exact) mass is 367 g/mol. The van der Waals surface area contributed by atoms with E-state index in [-0.39, 0.29) is 11.8 Å². The van der Waals surface area contributed by atoms with Gasteiger partial charge in [-0.2, -0.15) is 0 Å². The Morgan fingerprint density at radius 2 is 2.00 bits per heavy atom. The Balaban J connectivity index is 1.71. The van der Waals surface area contributed by atoms with Gasteiger partial charge in [-0.3, -0.25) is 4.79 Å². The molecule has 1 amide bonds. The van der Waals surface area contributed by atoms with Gasteiger partial charge in [-0.1, -0.05) is 43.6 Å². The van der Waals surface area contributed by atoms with Crippen molar-refractivity contribution < 1.29 is 4.79 Å². The van der Waals surface area contributed by atoms with Crippen LogP contribution in [0.4, 0.5) is 5.69 Å². The number of anilines is 1. The van der Waals surface area contributed by atoms with Gasteiger partial charge in [-0.25, -0.2) is 4.98 Å². The molecule has 0 saturated carbocycles. The van der Waals surface area contributed by atoms with Crippen molar-refractivity contribution in [2.45, 2.75) is 32.7 Å². The van der Waals surface area contributed by atoms with Crippen LogP contribution in [0.1, 0.15) is 32.0 Å². The molecule has 26 heavy (non-hydrogen) atoms. The Kier molecular flexibility index (Phi) is 4.45. The Labute approximate surface area is 158 Å². The molecule has 0 bridgehead atoms. The van der Waals surface area contributed by atoms with Crippen molar-refractivity contribution in [3.8, 4) is 0 Å². The van der Waals surface area contributed by atoms with Gasteiger partial charge in [0.25, 0.3) is 0 Å². The molecule has 1 aliphatic rings. The largest absolute Gasteiger partial charge is 0.327 e. The number of carbonyl (C=O) groups is 1. The number of rotatable bonds is 4. The minimum atomic E-state index is 0.0904. The molecule has 0 N–H and O–H groups in total. The first-order valence-electron chi connectivity index (χ1n) is 9.04. The Morgan fingerprint density at radius 3 is 2.77 bits per heavy atom. The molecule has 2 heterocycles. The second-order valence-electron chi connectivity index (χ2n) is 7.35. The van der Waals surface area contributed by atoms with Gasteiger partial charge in [0, 0.05) is 36.1 Å². The number of hydrogen-bond acceptors (Lipinski definition) is 2. The van der Waals surface area contributed by atoms with Crippen LogP contribution in [0.2, 0.25) is 5.02 Å². The van der Waals surface area contributed by atoms with E-state index in [4.69, 9.17) is 16.6 Å². The van der Waals surface area contributed by atoms with Crippen molar-refractivity contribution in [1.82, 2.24) is 9.55 Å². The Bertz CT molecular complexity index is 963. The minimum Gasteiger partial charge on any atom is -0.327 e. The summed E-state index contributed by atoms with van der Waals surface area (Å²) in [6.45, 7) is 5.95. The third-order valence-corrected chi connectivity index (χ3v) is 5.08. The second-order valence-corrected chi connectivity index (χ2v) is 7.78. The SMILES string of the molecule is CC(C)Cn1c([C@H]2CC(=O)N(c3cccc(Cl)c3)C2)nc2ccccc21. The molecule has 134 valence electrons. The quantitative estimate of drug-likeness (QED) is 0.660. The van der Waals surface area contributed by atoms with E-state index in [9.17, 15) is 4.79 Å². The van der Waals surface area contributed by atoms with Crippen LogP contribution in [-0.4, -0.2) is 22.0 Å². The summed E-state index contributed by atoms with van der Waals surface area (Å²) >= 11 is 6.11. The van der Waals surface area contributed by atoms with Gasteiger partial charge in [0.1, 0.15) is 5.82 Å². The van der Waals surface area contributed by atoms with Gasteiger partial charge >= 0.3 is 0 Å². The number of fused-ring (bicyclic) bond motifs is 1. The van der Waals surface area contributed by atoms with Crippen LogP contribution >= 0.6 is 11.6 Å². The Hall–Kier alpha value is -2.33. The highest BCUT2D eigenvalue weighted by Gasteiger charge is 2.34. The molecule has 1 atom stereocenters. The third kappa shape index (κ3) is 3.10. The van der Waals surface area contributed by atoms with Crippen LogP contribution in [0.15, 0.2) is 48.5 Å². The molecule has 4 nitrogen and oxygen atoms in total. The molecule has 4 rings (SSSR count). The van der Waals surface area contributed by atoms with Crippen LogP contribution in [0.3, 0.4) is 0 Å². The molecule has 1 aromatic heterocycles. The third-order valence-electron chi connectivity index (χ3n) is 4.84. The van der Waals surface area contributed by atoms with E-state index in [1.807, 2.05) is 47.4 Å². The number of amides is 1. The lowest BCUT2D eigenvalue weighted by Gasteiger charge is -2.18. The second kappa shape index (κ2) is 6.76. The highest BCUT2D eigenvalue weighted by atomic mass is 35.5. The molecular formula is C21H22ClN3O. The van der Waals surface area contributed by atoms with E-state index in [2.05, 4.69) is 24.5 Å². The average Bonchev–Trinajstić information content (AvgIpc) is 3.16. The van der Waals surface area contributed by atoms with Crippen LogP contribution in [-0.2, 0) is 11.3 Å². The van der Waals surface area contributed by atoms with Gasteiger partial charge in [-0.15, -0.1) is 0 Å². The number of halogens is 1. The maximum atomic E-state index is 12.7. The number of para-hydroxylation sites is 2. The fourth-order valence-corrected chi connectivity index (χ4v) is 3.92. The standard InChI is InChI=1S/C21H22ClN3O/c1-14(2)12-25-19-9-4-3-8-18(19)23-21(25)15-10-20(26)24(13-15)17-7-5-6-16(22)11-17/h3-9,11,14-15H,10,12-13H2,1-2H3/t15-/m0/s1. The first-order valence-corrected chi connectivity index (χ1v) is 9.42. The van der Waals surface area contributed by atoms with E-state index in [0.717, 1.165) is 29.1 Å². The zero-order valence-electron chi connectivity index (χ0n) is 15.0. The fraction of sp³-hybridized carbons (Fsp3) is 0.333. The summed E-state index contributed by atoms with van der Waals surface area (Å²) in [7, 11) is 0. The molecule has 5 heteroatoms. The first-order chi connectivity index (χ1) is 12.5. The van der Waals surface area contributed by atoms with Crippen LogP contribution in [0, 0.1) is 5.92 Å². The number of imidazole rings is 1. The Morgan fingerprint density at radius 1 is 1.19 bits per heavy atom. The predicted molar refractivity (Wildman–Crippen MR) is 106 cm³/mol. The summed E-state index contributed by atoms with van der Waals surface area (Å²) in [5.41, 5.74) is 3.00. The minimum absolute atomic E-state index is 0.0904.